The van der Waals surface area contributed by atoms with Gasteiger partial charge in [0.1, 0.15) is 5.75 Å². The SMILES string of the molecule is N#Cc1ccc2c(c1)CCN(CCC1(NC(=O)Cc3ccc(O)cc3)CCCCC1)C2. The van der Waals surface area contributed by atoms with Gasteiger partial charge in [-0.2, -0.15) is 5.26 Å². The lowest BCUT2D eigenvalue weighted by Crippen LogP contribution is -2.52. The number of hydrogen-bond acceptors (Lipinski definition) is 4. The largest absolute Gasteiger partial charge is 0.508 e. The second-order valence-corrected chi connectivity index (χ2v) is 9.10. The van der Waals surface area contributed by atoms with Crippen LogP contribution in [0.3, 0.4) is 0 Å². The molecule has 1 amide bonds. The second-order valence-electron chi connectivity index (χ2n) is 9.10. The number of carbonyl (C=O) groups excluding carboxylic acids is 1. The standard InChI is InChI=1S/C26H31N3O2/c27-18-21-4-7-23-19-29(14-10-22(23)16-21)15-13-26(11-2-1-3-12-26)28-25(31)17-20-5-8-24(30)9-6-20/h4-9,16,30H,1-3,10-15,17,19H2,(H,28,31). The maximum Gasteiger partial charge on any atom is 0.224 e. The highest BCUT2D eigenvalue weighted by Crippen LogP contribution is 2.32. The van der Waals surface area contributed by atoms with Crippen LogP contribution in [0.4, 0.5) is 0 Å². The Labute approximate surface area is 184 Å². The molecule has 0 unspecified atom stereocenters. The third kappa shape index (κ3) is 5.45. The predicted molar refractivity (Wildman–Crippen MR) is 121 cm³/mol. The number of phenols is 1. The summed E-state index contributed by atoms with van der Waals surface area (Å²) < 4.78 is 0. The number of aromatic hydroxyl groups is 1. The zero-order chi connectivity index (χ0) is 21.7. The average molecular weight is 418 g/mol. The van der Waals surface area contributed by atoms with E-state index in [9.17, 15) is 9.90 Å². The number of nitrogens with zero attached hydrogens (tertiary/aromatic N) is 2. The number of amides is 1. The van der Waals surface area contributed by atoms with Gasteiger partial charge in [-0.3, -0.25) is 9.69 Å². The minimum absolute atomic E-state index is 0.0700. The molecule has 4 rings (SSSR count). The summed E-state index contributed by atoms with van der Waals surface area (Å²) in [5, 5.41) is 22.0. The van der Waals surface area contributed by atoms with Crippen molar-refractivity contribution in [2.45, 2.75) is 63.5 Å². The lowest BCUT2D eigenvalue weighted by atomic mass is 9.78. The van der Waals surface area contributed by atoms with Crippen LogP contribution in [0.1, 0.15) is 60.8 Å². The summed E-state index contributed by atoms with van der Waals surface area (Å²) in [5.41, 5.74) is 4.16. The van der Waals surface area contributed by atoms with E-state index in [1.807, 2.05) is 24.3 Å². The van der Waals surface area contributed by atoms with E-state index in [1.54, 1.807) is 12.1 Å². The Balaban J connectivity index is 1.37. The van der Waals surface area contributed by atoms with E-state index in [0.717, 1.165) is 56.4 Å². The Bertz CT molecular complexity index is 956. The third-order valence-electron chi connectivity index (χ3n) is 6.85. The lowest BCUT2D eigenvalue weighted by Gasteiger charge is -2.40. The minimum atomic E-state index is -0.114. The molecule has 5 nitrogen and oxygen atoms in total. The van der Waals surface area contributed by atoms with Gasteiger partial charge in [-0.15, -0.1) is 0 Å². The van der Waals surface area contributed by atoms with Crippen molar-refractivity contribution in [2.24, 2.45) is 0 Å². The van der Waals surface area contributed by atoms with Crippen LogP contribution >= 0.6 is 0 Å². The summed E-state index contributed by atoms with van der Waals surface area (Å²) in [5.74, 6) is 0.292. The van der Waals surface area contributed by atoms with Gasteiger partial charge in [0.15, 0.2) is 0 Å². The van der Waals surface area contributed by atoms with E-state index >= 15 is 0 Å². The van der Waals surface area contributed by atoms with Gasteiger partial charge in [-0.05, 0) is 66.6 Å². The van der Waals surface area contributed by atoms with E-state index in [0.29, 0.717) is 6.42 Å². The summed E-state index contributed by atoms with van der Waals surface area (Å²) in [6.45, 7) is 2.89. The predicted octanol–water partition coefficient (Wildman–Crippen LogP) is 4.07. The number of nitrogens with one attached hydrogen (secondary N) is 1. The van der Waals surface area contributed by atoms with Crippen LogP contribution in [0.15, 0.2) is 42.5 Å². The molecule has 1 fully saturated rings. The zero-order valence-electron chi connectivity index (χ0n) is 18.1. The molecular weight excluding hydrogens is 386 g/mol. The van der Waals surface area contributed by atoms with E-state index < -0.39 is 0 Å². The molecule has 2 N–H and O–H groups in total. The normalized spacial score (nSPS) is 18.0. The molecule has 0 bridgehead atoms. The van der Waals surface area contributed by atoms with Crippen molar-refractivity contribution in [2.75, 3.05) is 13.1 Å². The van der Waals surface area contributed by atoms with Crippen molar-refractivity contribution in [3.05, 3.63) is 64.7 Å². The number of carbonyl (C=O) groups is 1. The maximum atomic E-state index is 12.8. The number of benzene rings is 2. The Morgan fingerprint density at radius 3 is 2.61 bits per heavy atom. The van der Waals surface area contributed by atoms with E-state index in [2.05, 4.69) is 22.4 Å². The van der Waals surface area contributed by atoms with Crippen LogP contribution < -0.4 is 5.32 Å². The smallest absolute Gasteiger partial charge is 0.224 e. The Morgan fingerprint density at radius 2 is 1.87 bits per heavy atom. The number of phenolic OH excluding ortho intramolecular Hbond substituents is 1. The molecule has 0 aromatic heterocycles. The molecule has 2 aromatic carbocycles. The molecule has 0 saturated heterocycles. The van der Waals surface area contributed by atoms with Gasteiger partial charge >= 0.3 is 0 Å². The monoisotopic (exact) mass is 417 g/mol. The van der Waals surface area contributed by atoms with Crippen molar-refractivity contribution in [1.29, 1.82) is 5.26 Å². The first-order valence-corrected chi connectivity index (χ1v) is 11.4. The summed E-state index contributed by atoms with van der Waals surface area (Å²) in [6.07, 6.45) is 7.96. The molecular formula is C26H31N3O2. The Hall–Kier alpha value is -2.84. The summed E-state index contributed by atoms with van der Waals surface area (Å²) in [4.78, 5) is 15.3. The van der Waals surface area contributed by atoms with Crippen LogP contribution in [0.5, 0.6) is 5.75 Å². The molecule has 5 heteroatoms. The van der Waals surface area contributed by atoms with Crippen molar-refractivity contribution in [3.63, 3.8) is 0 Å². The average Bonchev–Trinajstić information content (AvgIpc) is 2.79. The number of nitriles is 1. The first-order valence-electron chi connectivity index (χ1n) is 11.4. The quantitative estimate of drug-likeness (QED) is 0.743. The van der Waals surface area contributed by atoms with Crippen molar-refractivity contribution < 1.29 is 9.90 Å². The molecule has 1 heterocycles. The molecule has 31 heavy (non-hydrogen) atoms. The Morgan fingerprint density at radius 1 is 1.10 bits per heavy atom. The fraction of sp³-hybridized carbons (Fsp3) is 0.462. The molecule has 1 aliphatic heterocycles. The summed E-state index contributed by atoms with van der Waals surface area (Å²) in [7, 11) is 0. The van der Waals surface area contributed by atoms with Gasteiger partial charge < -0.3 is 10.4 Å². The van der Waals surface area contributed by atoms with Crippen molar-refractivity contribution in [1.82, 2.24) is 10.2 Å². The second kappa shape index (κ2) is 9.53. The van der Waals surface area contributed by atoms with Crippen LogP contribution in [0.2, 0.25) is 0 Å². The minimum Gasteiger partial charge on any atom is -0.508 e. The van der Waals surface area contributed by atoms with Gasteiger partial charge in [-0.25, -0.2) is 0 Å². The topological polar surface area (TPSA) is 76.4 Å². The first-order chi connectivity index (χ1) is 15.0. The van der Waals surface area contributed by atoms with Gasteiger partial charge in [0, 0.05) is 25.2 Å². The van der Waals surface area contributed by atoms with Crippen LogP contribution in [0, 0.1) is 11.3 Å². The fourth-order valence-corrected chi connectivity index (χ4v) is 5.05. The fourth-order valence-electron chi connectivity index (χ4n) is 5.05. The van der Waals surface area contributed by atoms with Gasteiger partial charge in [0.25, 0.3) is 0 Å². The molecule has 1 aliphatic carbocycles. The van der Waals surface area contributed by atoms with Crippen LogP contribution in [-0.4, -0.2) is 34.5 Å². The van der Waals surface area contributed by atoms with E-state index in [-0.39, 0.29) is 17.2 Å². The number of hydrogen-bond donors (Lipinski definition) is 2. The first kappa shape index (κ1) is 21.4. The number of fused-ring (bicyclic) bond motifs is 1. The van der Waals surface area contributed by atoms with Crippen molar-refractivity contribution in [3.8, 4) is 11.8 Å². The molecule has 2 aromatic rings. The maximum absolute atomic E-state index is 12.8. The summed E-state index contributed by atoms with van der Waals surface area (Å²) >= 11 is 0. The molecule has 2 aliphatic rings. The van der Waals surface area contributed by atoms with Gasteiger partial charge in [0.05, 0.1) is 18.1 Å². The summed E-state index contributed by atoms with van der Waals surface area (Å²) in [6, 6.07) is 15.1. The Kier molecular flexibility index (Phi) is 6.58. The van der Waals surface area contributed by atoms with Crippen molar-refractivity contribution >= 4 is 5.91 Å². The molecule has 1 saturated carbocycles. The highest BCUT2D eigenvalue weighted by atomic mass is 16.3. The molecule has 162 valence electrons. The third-order valence-corrected chi connectivity index (χ3v) is 6.85. The molecule has 0 atom stereocenters. The lowest BCUT2D eigenvalue weighted by molar-refractivity contribution is -0.123. The highest BCUT2D eigenvalue weighted by Gasteiger charge is 2.34. The van der Waals surface area contributed by atoms with Crippen LogP contribution in [-0.2, 0) is 24.2 Å². The molecule has 0 radical (unpaired) electrons. The number of rotatable bonds is 6. The van der Waals surface area contributed by atoms with E-state index in [1.165, 1.54) is 30.4 Å². The van der Waals surface area contributed by atoms with Gasteiger partial charge in [-0.1, -0.05) is 37.5 Å². The van der Waals surface area contributed by atoms with Crippen LogP contribution in [0.25, 0.3) is 0 Å². The van der Waals surface area contributed by atoms with E-state index in [4.69, 9.17) is 5.26 Å². The highest BCUT2D eigenvalue weighted by molar-refractivity contribution is 5.79. The van der Waals surface area contributed by atoms with Gasteiger partial charge in [0.2, 0.25) is 5.91 Å². The zero-order valence-corrected chi connectivity index (χ0v) is 18.1. The molecule has 0 spiro atoms.